The molecule has 5 heteroatoms. The zero-order chi connectivity index (χ0) is 12.1. The van der Waals surface area contributed by atoms with Gasteiger partial charge >= 0.3 is 0 Å². The summed E-state index contributed by atoms with van der Waals surface area (Å²) in [6.07, 6.45) is 0.160. The Labute approximate surface area is 94.9 Å². The van der Waals surface area contributed by atoms with Crippen molar-refractivity contribution < 1.29 is 9.53 Å². The fourth-order valence-corrected chi connectivity index (χ4v) is 1.41. The van der Waals surface area contributed by atoms with E-state index < -0.39 is 6.04 Å². The maximum atomic E-state index is 11.4. The van der Waals surface area contributed by atoms with Gasteiger partial charge in [0, 0.05) is 25.1 Å². The van der Waals surface area contributed by atoms with E-state index in [9.17, 15) is 4.79 Å². The van der Waals surface area contributed by atoms with Gasteiger partial charge in [0.05, 0.1) is 7.11 Å². The van der Waals surface area contributed by atoms with Crippen LogP contribution >= 0.6 is 0 Å². The maximum absolute atomic E-state index is 11.4. The molecular formula is C11H17N3O2. The number of amides is 1. The lowest BCUT2D eigenvalue weighted by molar-refractivity contribution is -0.130. The van der Waals surface area contributed by atoms with Gasteiger partial charge < -0.3 is 10.5 Å². The molecule has 0 aliphatic carbocycles. The number of nitrogens with zero attached hydrogens (tertiary/aromatic N) is 1. The summed E-state index contributed by atoms with van der Waals surface area (Å²) < 4.78 is 5.17. The first-order valence-electron chi connectivity index (χ1n) is 4.96. The molecule has 4 N–H and O–H groups in total. The highest BCUT2D eigenvalue weighted by atomic mass is 16.5. The van der Waals surface area contributed by atoms with Crippen molar-refractivity contribution >= 4 is 5.91 Å². The van der Waals surface area contributed by atoms with Gasteiger partial charge in [0.15, 0.2) is 0 Å². The van der Waals surface area contributed by atoms with E-state index >= 15 is 0 Å². The molecule has 0 heterocycles. The first-order valence-corrected chi connectivity index (χ1v) is 4.96. The van der Waals surface area contributed by atoms with Crippen molar-refractivity contribution in [2.75, 3.05) is 14.2 Å². The van der Waals surface area contributed by atoms with Crippen LogP contribution in [-0.2, 0) is 4.79 Å². The van der Waals surface area contributed by atoms with Gasteiger partial charge in [0.2, 0.25) is 5.91 Å². The molecule has 0 aliphatic heterocycles. The van der Waals surface area contributed by atoms with Crippen molar-refractivity contribution in [1.82, 2.24) is 5.01 Å². The summed E-state index contributed by atoms with van der Waals surface area (Å²) in [6.45, 7) is 0. The van der Waals surface area contributed by atoms with E-state index in [2.05, 4.69) is 0 Å². The van der Waals surface area contributed by atoms with E-state index in [0.29, 0.717) is 5.75 Å². The summed E-state index contributed by atoms with van der Waals surface area (Å²) in [7, 11) is 3.07. The molecule has 0 bridgehead atoms. The van der Waals surface area contributed by atoms with Crippen LogP contribution in [0.4, 0.5) is 0 Å². The van der Waals surface area contributed by atoms with Crippen LogP contribution in [0.15, 0.2) is 24.3 Å². The highest BCUT2D eigenvalue weighted by Gasteiger charge is 2.16. The molecule has 0 aliphatic rings. The monoisotopic (exact) mass is 223 g/mol. The molecule has 1 atom stereocenters. The standard InChI is InChI=1S/C11H17N3O2/c1-14(13)11(15)7-9(12)8-5-3-4-6-10(8)16-2/h3-6,9H,7,12-13H2,1-2H3. The molecule has 1 unspecified atom stereocenters. The van der Waals surface area contributed by atoms with E-state index in [4.69, 9.17) is 16.3 Å². The second kappa shape index (κ2) is 5.48. The third-order valence-electron chi connectivity index (χ3n) is 2.33. The molecule has 0 radical (unpaired) electrons. The molecule has 0 saturated heterocycles. The van der Waals surface area contributed by atoms with Gasteiger partial charge in [-0.1, -0.05) is 18.2 Å². The topological polar surface area (TPSA) is 81.6 Å². The number of para-hydroxylation sites is 1. The molecule has 88 valence electrons. The van der Waals surface area contributed by atoms with E-state index in [1.807, 2.05) is 24.3 Å². The third kappa shape index (κ3) is 2.95. The molecule has 1 aromatic carbocycles. The predicted molar refractivity (Wildman–Crippen MR) is 61.5 cm³/mol. The van der Waals surface area contributed by atoms with Crippen LogP contribution in [0.25, 0.3) is 0 Å². The minimum atomic E-state index is -0.408. The molecule has 5 nitrogen and oxygen atoms in total. The number of hydrogen-bond donors (Lipinski definition) is 2. The molecular weight excluding hydrogens is 206 g/mol. The van der Waals surface area contributed by atoms with Crippen LogP contribution in [0.3, 0.4) is 0 Å². The summed E-state index contributed by atoms with van der Waals surface area (Å²) >= 11 is 0. The van der Waals surface area contributed by atoms with Gasteiger partial charge in [0.1, 0.15) is 5.75 Å². The molecule has 16 heavy (non-hydrogen) atoms. The summed E-state index contributed by atoms with van der Waals surface area (Å²) in [5.41, 5.74) is 6.73. The van der Waals surface area contributed by atoms with Crippen molar-refractivity contribution in [3.63, 3.8) is 0 Å². The second-order valence-corrected chi connectivity index (χ2v) is 3.56. The number of carbonyl (C=O) groups excluding carboxylic acids is 1. The van der Waals surface area contributed by atoms with Crippen molar-refractivity contribution in [1.29, 1.82) is 0 Å². The van der Waals surface area contributed by atoms with Gasteiger partial charge in [-0.25, -0.2) is 5.84 Å². The van der Waals surface area contributed by atoms with Gasteiger partial charge in [0.25, 0.3) is 0 Å². The number of hydrazine groups is 1. The highest BCUT2D eigenvalue weighted by Crippen LogP contribution is 2.25. The van der Waals surface area contributed by atoms with Crippen LogP contribution in [0.1, 0.15) is 18.0 Å². The zero-order valence-electron chi connectivity index (χ0n) is 9.51. The number of methoxy groups -OCH3 is 1. The Balaban J connectivity index is 2.80. The molecule has 0 spiro atoms. The summed E-state index contributed by atoms with van der Waals surface area (Å²) in [4.78, 5) is 11.4. The number of hydrogen-bond acceptors (Lipinski definition) is 4. The number of carbonyl (C=O) groups is 1. The van der Waals surface area contributed by atoms with Crippen molar-refractivity contribution in [2.45, 2.75) is 12.5 Å². The molecule has 1 amide bonds. The number of nitrogens with two attached hydrogens (primary N) is 2. The minimum Gasteiger partial charge on any atom is -0.496 e. The third-order valence-corrected chi connectivity index (χ3v) is 2.33. The molecule has 0 saturated carbocycles. The number of ether oxygens (including phenoxy) is 1. The zero-order valence-corrected chi connectivity index (χ0v) is 9.51. The average Bonchev–Trinajstić information content (AvgIpc) is 2.28. The predicted octanol–water partition coefficient (Wildman–Crippen LogP) is 0.417. The van der Waals surface area contributed by atoms with Gasteiger partial charge in [-0.3, -0.25) is 9.80 Å². The van der Waals surface area contributed by atoms with Crippen LogP contribution < -0.4 is 16.3 Å². The van der Waals surface area contributed by atoms with E-state index in [1.165, 1.54) is 7.05 Å². The fraction of sp³-hybridized carbons (Fsp3) is 0.364. The van der Waals surface area contributed by atoms with E-state index in [-0.39, 0.29) is 12.3 Å². The SMILES string of the molecule is COc1ccccc1C(N)CC(=O)N(C)N. The van der Waals surface area contributed by atoms with Crippen molar-refractivity contribution in [3.8, 4) is 5.75 Å². The van der Waals surface area contributed by atoms with Gasteiger partial charge in [-0.2, -0.15) is 0 Å². The quantitative estimate of drug-likeness (QED) is 0.440. The Bertz CT molecular complexity index is 366. The lowest BCUT2D eigenvalue weighted by Crippen LogP contribution is -2.35. The Morgan fingerprint density at radius 2 is 2.12 bits per heavy atom. The van der Waals surface area contributed by atoms with Crippen LogP contribution in [0.5, 0.6) is 5.75 Å². The van der Waals surface area contributed by atoms with Crippen LogP contribution in [-0.4, -0.2) is 25.1 Å². The molecule has 1 aromatic rings. The number of rotatable bonds is 4. The molecule has 0 fully saturated rings. The maximum Gasteiger partial charge on any atom is 0.238 e. The lowest BCUT2D eigenvalue weighted by atomic mass is 10.0. The van der Waals surface area contributed by atoms with E-state index in [0.717, 1.165) is 10.6 Å². The summed E-state index contributed by atoms with van der Waals surface area (Å²) in [5, 5.41) is 1.04. The van der Waals surface area contributed by atoms with Crippen molar-refractivity contribution in [2.24, 2.45) is 11.6 Å². The van der Waals surface area contributed by atoms with Crippen LogP contribution in [0, 0.1) is 0 Å². The minimum absolute atomic E-state index is 0.160. The normalized spacial score (nSPS) is 12.0. The average molecular weight is 223 g/mol. The van der Waals surface area contributed by atoms with Gasteiger partial charge in [-0.05, 0) is 6.07 Å². The van der Waals surface area contributed by atoms with Crippen molar-refractivity contribution in [3.05, 3.63) is 29.8 Å². The summed E-state index contributed by atoms with van der Waals surface area (Å²) in [5.74, 6) is 5.80. The molecule has 1 rings (SSSR count). The summed E-state index contributed by atoms with van der Waals surface area (Å²) in [6, 6.07) is 6.95. The molecule has 0 aromatic heterocycles. The van der Waals surface area contributed by atoms with Crippen LogP contribution in [0.2, 0.25) is 0 Å². The largest absolute Gasteiger partial charge is 0.496 e. The Morgan fingerprint density at radius 3 is 2.69 bits per heavy atom. The Kier molecular flexibility index (Phi) is 4.28. The Morgan fingerprint density at radius 1 is 1.50 bits per heavy atom. The smallest absolute Gasteiger partial charge is 0.238 e. The first-order chi connectivity index (χ1) is 7.56. The lowest BCUT2D eigenvalue weighted by Gasteiger charge is -2.17. The highest BCUT2D eigenvalue weighted by molar-refractivity contribution is 5.76. The Hall–Kier alpha value is -1.59. The second-order valence-electron chi connectivity index (χ2n) is 3.56. The van der Waals surface area contributed by atoms with E-state index in [1.54, 1.807) is 7.11 Å². The fourth-order valence-electron chi connectivity index (χ4n) is 1.41. The first kappa shape index (κ1) is 12.5. The van der Waals surface area contributed by atoms with Gasteiger partial charge in [-0.15, -0.1) is 0 Å². The number of benzene rings is 1.